The second-order valence-corrected chi connectivity index (χ2v) is 6.36. The predicted octanol–water partition coefficient (Wildman–Crippen LogP) is 3.38. The average molecular weight is 286 g/mol. The highest BCUT2D eigenvalue weighted by molar-refractivity contribution is 6.30. The minimum absolute atomic E-state index is 0.0233. The fourth-order valence-corrected chi connectivity index (χ4v) is 1.65. The second kappa shape index (κ2) is 6.60. The summed E-state index contributed by atoms with van der Waals surface area (Å²) >= 11 is 6.03. The summed E-state index contributed by atoms with van der Waals surface area (Å²) < 4.78 is 5.78. The summed E-state index contributed by atoms with van der Waals surface area (Å²) in [7, 11) is 0. The molecule has 1 rings (SSSR count). The van der Waals surface area contributed by atoms with Gasteiger partial charge in [-0.05, 0) is 52.8 Å². The maximum atomic E-state index is 9.52. The molecule has 1 aromatic rings. The van der Waals surface area contributed by atoms with Crippen LogP contribution in [0.15, 0.2) is 18.2 Å². The lowest BCUT2D eigenvalue weighted by atomic mass is 10.1. The smallest absolute Gasteiger partial charge is 0.124 e. The van der Waals surface area contributed by atoms with Crippen molar-refractivity contribution in [3.63, 3.8) is 0 Å². The number of rotatable bonds is 5. The van der Waals surface area contributed by atoms with Gasteiger partial charge in [0.25, 0.3) is 0 Å². The second-order valence-electron chi connectivity index (χ2n) is 5.92. The van der Waals surface area contributed by atoms with Gasteiger partial charge < -0.3 is 15.2 Å². The summed E-state index contributed by atoms with van der Waals surface area (Å²) in [5, 5.41) is 13.6. The standard InChI is InChI=1S/C15H24ClNO2/c1-10(18)11(2)19-14-7-6-13(16)8-12(14)9-17-15(3,4)5/h6-8,10-11,17-18H,9H2,1-5H3. The third kappa shape index (κ3) is 5.81. The highest BCUT2D eigenvalue weighted by Crippen LogP contribution is 2.25. The number of halogens is 1. The molecule has 0 spiro atoms. The number of aliphatic hydroxyl groups is 1. The van der Waals surface area contributed by atoms with Crippen molar-refractivity contribution in [2.75, 3.05) is 0 Å². The first-order valence-corrected chi connectivity index (χ1v) is 6.95. The molecule has 0 saturated carbocycles. The Kier molecular flexibility index (Phi) is 5.65. The molecule has 3 nitrogen and oxygen atoms in total. The van der Waals surface area contributed by atoms with Crippen LogP contribution < -0.4 is 10.1 Å². The Hall–Kier alpha value is -0.770. The van der Waals surface area contributed by atoms with Gasteiger partial charge in [-0.25, -0.2) is 0 Å². The van der Waals surface area contributed by atoms with Gasteiger partial charge in [0.2, 0.25) is 0 Å². The van der Waals surface area contributed by atoms with Crippen molar-refractivity contribution in [2.45, 2.75) is 58.9 Å². The molecule has 1 aromatic carbocycles. The topological polar surface area (TPSA) is 41.5 Å². The minimum Gasteiger partial charge on any atom is -0.488 e. The van der Waals surface area contributed by atoms with Crippen LogP contribution in [-0.2, 0) is 6.54 Å². The lowest BCUT2D eigenvalue weighted by molar-refractivity contribution is 0.0597. The molecular weight excluding hydrogens is 262 g/mol. The van der Waals surface area contributed by atoms with E-state index < -0.39 is 6.10 Å². The van der Waals surface area contributed by atoms with E-state index in [4.69, 9.17) is 16.3 Å². The molecule has 0 aromatic heterocycles. The van der Waals surface area contributed by atoms with Crippen molar-refractivity contribution in [2.24, 2.45) is 0 Å². The molecular formula is C15H24ClNO2. The van der Waals surface area contributed by atoms with Crippen LogP contribution in [0.5, 0.6) is 5.75 Å². The molecule has 0 saturated heterocycles. The highest BCUT2D eigenvalue weighted by Gasteiger charge is 2.15. The van der Waals surface area contributed by atoms with E-state index in [1.807, 2.05) is 19.1 Å². The Morgan fingerprint density at radius 3 is 2.47 bits per heavy atom. The number of ether oxygens (including phenoxy) is 1. The zero-order valence-corrected chi connectivity index (χ0v) is 13.1. The summed E-state index contributed by atoms with van der Waals surface area (Å²) in [6.07, 6.45) is -0.770. The van der Waals surface area contributed by atoms with E-state index in [1.54, 1.807) is 13.0 Å². The summed E-state index contributed by atoms with van der Waals surface area (Å²) in [5.41, 5.74) is 1.02. The van der Waals surface area contributed by atoms with Crippen molar-refractivity contribution >= 4 is 11.6 Å². The van der Waals surface area contributed by atoms with Crippen molar-refractivity contribution < 1.29 is 9.84 Å². The molecule has 0 fully saturated rings. The van der Waals surface area contributed by atoms with E-state index in [1.165, 1.54) is 0 Å². The summed E-state index contributed by atoms with van der Waals surface area (Å²) in [5.74, 6) is 0.759. The highest BCUT2D eigenvalue weighted by atomic mass is 35.5. The number of hydrogen-bond donors (Lipinski definition) is 2. The first kappa shape index (κ1) is 16.3. The van der Waals surface area contributed by atoms with E-state index in [2.05, 4.69) is 26.1 Å². The van der Waals surface area contributed by atoms with Crippen LogP contribution in [0, 0.1) is 0 Å². The van der Waals surface area contributed by atoms with E-state index in [0.717, 1.165) is 11.3 Å². The lowest BCUT2D eigenvalue weighted by Gasteiger charge is -2.23. The van der Waals surface area contributed by atoms with Crippen LogP contribution in [0.1, 0.15) is 40.2 Å². The summed E-state index contributed by atoms with van der Waals surface area (Å²) in [4.78, 5) is 0. The van der Waals surface area contributed by atoms with E-state index >= 15 is 0 Å². The summed E-state index contributed by atoms with van der Waals surface area (Å²) in [6.45, 7) is 10.6. The number of nitrogens with one attached hydrogen (secondary N) is 1. The van der Waals surface area contributed by atoms with Gasteiger partial charge in [0.15, 0.2) is 0 Å². The zero-order chi connectivity index (χ0) is 14.6. The molecule has 0 aliphatic heterocycles. The van der Waals surface area contributed by atoms with Crippen molar-refractivity contribution in [1.29, 1.82) is 0 Å². The molecule has 0 bridgehead atoms. The van der Waals surface area contributed by atoms with Gasteiger partial charge in [-0.2, -0.15) is 0 Å². The number of benzene rings is 1. The molecule has 108 valence electrons. The van der Waals surface area contributed by atoms with Crippen LogP contribution in [0.3, 0.4) is 0 Å². The first-order valence-electron chi connectivity index (χ1n) is 6.57. The van der Waals surface area contributed by atoms with Gasteiger partial charge in [0, 0.05) is 22.7 Å². The molecule has 0 aliphatic rings. The van der Waals surface area contributed by atoms with Crippen molar-refractivity contribution in [1.82, 2.24) is 5.32 Å². The van der Waals surface area contributed by atoms with Crippen LogP contribution in [0.25, 0.3) is 0 Å². The van der Waals surface area contributed by atoms with Crippen LogP contribution in [-0.4, -0.2) is 22.9 Å². The largest absolute Gasteiger partial charge is 0.488 e. The zero-order valence-electron chi connectivity index (χ0n) is 12.3. The molecule has 0 aliphatic carbocycles. The molecule has 2 unspecified atom stereocenters. The number of hydrogen-bond acceptors (Lipinski definition) is 3. The SMILES string of the molecule is CC(O)C(C)Oc1ccc(Cl)cc1CNC(C)(C)C. The molecule has 4 heteroatoms. The predicted molar refractivity (Wildman–Crippen MR) is 79.8 cm³/mol. The van der Waals surface area contributed by atoms with E-state index in [0.29, 0.717) is 11.6 Å². The quantitative estimate of drug-likeness (QED) is 0.871. The van der Waals surface area contributed by atoms with E-state index in [-0.39, 0.29) is 11.6 Å². The third-order valence-corrected chi connectivity index (χ3v) is 3.06. The van der Waals surface area contributed by atoms with Gasteiger partial charge >= 0.3 is 0 Å². The molecule has 0 heterocycles. The maximum Gasteiger partial charge on any atom is 0.124 e. The molecule has 19 heavy (non-hydrogen) atoms. The maximum absolute atomic E-state index is 9.52. The third-order valence-electron chi connectivity index (χ3n) is 2.82. The first-order chi connectivity index (χ1) is 8.69. The minimum atomic E-state index is -0.515. The van der Waals surface area contributed by atoms with Gasteiger partial charge in [0.05, 0.1) is 6.10 Å². The Morgan fingerprint density at radius 1 is 1.32 bits per heavy atom. The van der Waals surface area contributed by atoms with Crippen LogP contribution in [0.2, 0.25) is 5.02 Å². The van der Waals surface area contributed by atoms with Gasteiger partial charge in [-0.15, -0.1) is 0 Å². The van der Waals surface area contributed by atoms with Gasteiger partial charge in [-0.3, -0.25) is 0 Å². The fourth-order valence-electron chi connectivity index (χ4n) is 1.46. The molecule has 2 atom stereocenters. The Balaban J connectivity index is 2.85. The monoisotopic (exact) mass is 285 g/mol. The lowest BCUT2D eigenvalue weighted by Crippen LogP contribution is -2.35. The summed E-state index contributed by atoms with van der Waals surface area (Å²) in [6, 6.07) is 5.54. The van der Waals surface area contributed by atoms with Crippen LogP contribution in [0.4, 0.5) is 0 Å². The Labute approximate surface area is 120 Å². The normalized spacial score (nSPS) is 15.1. The van der Waals surface area contributed by atoms with E-state index in [9.17, 15) is 5.11 Å². The molecule has 0 amide bonds. The van der Waals surface area contributed by atoms with Gasteiger partial charge in [0.1, 0.15) is 11.9 Å². The van der Waals surface area contributed by atoms with Crippen molar-refractivity contribution in [3.8, 4) is 5.75 Å². The molecule has 2 N–H and O–H groups in total. The fraction of sp³-hybridized carbons (Fsp3) is 0.600. The number of aliphatic hydroxyl groups excluding tert-OH is 1. The van der Waals surface area contributed by atoms with Crippen LogP contribution >= 0.6 is 11.6 Å². The molecule has 0 radical (unpaired) electrons. The van der Waals surface area contributed by atoms with Gasteiger partial charge in [-0.1, -0.05) is 11.6 Å². The average Bonchev–Trinajstić information content (AvgIpc) is 2.28. The Morgan fingerprint density at radius 2 is 1.95 bits per heavy atom. The Bertz CT molecular complexity index is 413. The van der Waals surface area contributed by atoms with Crippen molar-refractivity contribution in [3.05, 3.63) is 28.8 Å².